The minimum atomic E-state index is -0.755. The smallest absolute Gasteiger partial charge is 0.407 e. The average Bonchev–Trinajstić information content (AvgIpc) is 2.55. The van der Waals surface area contributed by atoms with Crippen molar-refractivity contribution in [1.82, 2.24) is 10.6 Å². The number of nitrogens with two attached hydrogens (primary N) is 1. The molecule has 3 amide bonds. The Labute approximate surface area is 135 Å². The van der Waals surface area contributed by atoms with E-state index < -0.39 is 23.9 Å². The van der Waals surface area contributed by atoms with E-state index in [1.807, 2.05) is 44.2 Å². The van der Waals surface area contributed by atoms with Gasteiger partial charge in [-0.2, -0.15) is 0 Å². The van der Waals surface area contributed by atoms with Gasteiger partial charge in [0.05, 0.1) is 0 Å². The summed E-state index contributed by atoms with van der Waals surface area (Å²) >= 11 is 0. The number of amides is 3. The lowest BCUT2D eigenvalue weighted by Crippen LogP contribution is -2.50. The molecule has 0 unspecified atom stereocenters. The van der Waals surface area contributed by atoms with Crippen LogP contribution in [0.2, 0.25) is 0 Å². The molecule has 0 aliphatic heterocycles. The Bertz CT molecular complexity index is 533. The molecule has 2 atom stereocenters. The van der Waals surface area contributed by atoms with Gasteiger partial charge in [0.15, 0.2) is 0 Å². The largest absolute Gasteiger partial charge is 0.445 e. The van der Waals surface area contributed by atoms with E-state index in [9.17, 15) is 14.4 Å². The maximum Gasteiger partial charge on any atom is 0.407 e. The molecule has 7 nitrogen and oxygen atoms in total. The number of primary amides is 1. The molecule has 23 heavy (non-hydrogen) atoms. The molecule has 0 fully saturated rings. The van der Waals surface area contributed by atoms with Crippen LogP contribution in [-0.4, -0.2) is 30.5 Å². The van der Waals surface area contributed by atoms with Crippen LogP contribution >= 0.6 is 0 Å². The summed E-state index contributed by atoms with van der Waals surface area (Å²) in [7, 11) is 0. The molecule has 4 N–H and O–H groups in total. The molecule has 1 aromatic rings. The van der Waals surface area contributed by atoms with E-state index in [0.717, 1.165) is 5.56 Å². The molecule has 1 rings (SSSR count). The van der Waals surface area contributed by atoms with Gasteiger partial charge in [0.2, 0.25) is 11.8 Å². The molecule has 0 saturated carbocycles. The summed E-state index contributed by atoms with van der Waals surface area (Å²) in [6.45, 7) is 3.54. The van der Waals surface area contributed by atoms with Gasteiger partial charge in [-0.15, -0.1) is 0 Å². The lowest BCUT2D eigenvalue weighted by Gasteiger charge is -2.21. The van der Waals surface area contributed by atoms with Crippen molar-refractivity contribution in [2.75, 3.05) is 6.54 Å². The molecule has 1 aromatic carbocycles. The zero-order valence-corrected chi connectivity index (χ0v) is 13.4. The van der Waals surface area contributed by atoms with Crippen molar-refractivity contribution in [3.63, 3.8) is 0 Å². The highest BCUT2D eigenvalue weighted by molar-refractivity contribution is 5.88. The second-order valence-electron chi connectivity index (χ2n) is 5.25. The number of hydrogen-bond donors (Lipinski definition) is 3. The number of carbonyl (C=O) groups excluding carboxylic acids is 3. The predicted molar refractivity (Wildman–Crippen MR) is 85.2 cm³/mol. The van der Waals surface area contributed by atoms with Gasteiger partial charge in [0, 0.05) is 0 Å². The van der Waals surface area contributed by atoms with Crippen LogP contribution in [0.1, 0.15) is 25.8 Å². The van der Waals surface area contributed by atoms with Crippen LogP contribution in [-0.2, 0) is 20.9 Å². The van der Waals surface area contributed by atoms with Crippen molar-refractivity contribution in [3.8, 4) is 0 Å². The van der Waals surface area contributed by atoms with Crippen LogP contribution < -0.4 is 16.4 Å². The lowest BCUT2D eigenvalue weighted by molar-refractivity contribution is -0.127. The van der Waals surface area contributed by atoms with E-state index in [-0.39, 0.29) is 19.1 Å². The third-order valence-electron chi connectivity index (χ3n) is 3.44. The topological polar surface area (TPSA) is 111 Å². The van der Waals surface area contributed by atoms with Crippen molar-refractivity contribution < 1.29 is 19.1 Å². The standard InChI is InChI=1S/C16H23N3O4/c1-3-11(2)14(15(17)21)19-13(20)9-18-16(22)23-10-12-7-5-4-6-8-12/h4-8,11,14H,3,9-10H2,1-2H3,(H2,17,21)(H,18,22)(H,19,20)/t11-,14+/m1/s1. The van der Waals surface area contributed by atoms with E-state index in [1.165, 1.54) is 0 Å². The molecule has 0 aliphatic rings. The van der Waals surface area contributed by atoms with E-state index >= 15 is 0 Å². The maximum atomic E-state index is 11.8. The first kappa shape index (κ1) is 18.5. The first-order valence-electron chi connectivity index (χ1n) is 7.47. The summed E-state index contributed by atoms with van der Waals surface area (Å²) in [5.41, 5.74) is 6.11. The lowest BCUT2D eigenvalue weighted by atomic mass is 9.98. The normalized spacial score (nSPS) is 12.8. The second-order valence-corrected chi connectivity index (χ2v) is 5.25. The van der Waals surface area contributed by atoms with Crippen molar-refractivity contribution in [3.05, 3.63) is 35.9 Å². The molecule has 0 saturated heterocycles. The number of benzene rings is 1. The Morgan fingerprint density at radius 1 is 1.22 bits per heavy atom. The first-order chi connectivity index (χ1) is 10.9. The van der Waals surface area contributed by atoms with Gasteiger partial charge in [-0.3, -0.25) is 9.59 Å². The van der Waals surface area contributed by atoms with E-state index in [1.54, 1.807) is 0 Å². The number of nitrogens with one attached hydrogen (secondary N) is 2. The Morgan fingerprint density at radius 2 is 1.87 bits per heavy atom. The molecule has 126 valence electrons. The van der Waals surface area contributed by atoms with Gasteiger partial charge < -0.3 is 21.1 Å². The molecule has 0 bridgehead atoms. The zero-order chi connectivity index (χ0) is 17.2. The van der Waals surface area contributed by atoms with Gasteiger partial charge in [-0.1, -0.05) is 50.6 Å². The van der Waals surface area contributed by atoms with Crippen molar-refractivity contribution in [2.24, 2.45) is 11.7 Å². The number of ether oxygens (including phenoxy) is 1. The Kier molecular flexibility index (Phi) is 7.59. The van der Waals surface area contributed by atoms with Gasteiger partial charge in [0.25, 0.3) is 0 Å². The second kappa shape index (κ2) is 9.45. The number of alkyl carbamates (subject to hydrolysis) is 1. The molecule has 0 aromatic heterocycles. The highest BCUT2D eigenvalue weighted by Gasteiger charge is 2.23. The van der Waals surface area contributed by atoms with Crippen LogP contribution in [0.4, 0.5) is 4.79 Å². The fourth-order valence-electron chi connectivity index (χ4n) is 1.88. The summed E-state index contributed by atoms with van der Waals surface area (Å²) in [5.74, 6) is -1.17. The van der Waals surface area contributed by atoms with E-state index in [4.69, 9.17) is 10.5 Å². The third-order valence-corrected chi connectivity index (χ3v) is 3.44. The highest BCUT2D eigenvalue weighted by Crippen LogP contribution is 2.06. The molecule has 0 radical (unpaired) electrons. The number of rotatable bonds is 8. The maximum absolute atomic E-state index is 11.8. The fraction of sp³-hybridized carbons (Fsp3) is 0.438. The summed E-state index contributed by atoms with van der Waals surface area (Å²) in [6.07, 6.45) is -0.0105. The minimum Gasteiger partial charge on any atom is -0.445 e. The highest BCUT2D eigenvalue weighted by atomic mass is 16.5. The Hall–Kier alpha value is -2.57. The predicted octanol–water partition coefficient (Wildman–Crippen LogP) is 0.929. The first-order valence-corrected chi connectivity index (χ1v) is 7.47. The van der Waals surface area contributed by atoms with E-state index in [0.29, 0.717) is 6.42 Å². The average molecular weight is 321 g/mol. The monoisotopic (exact) mass is 321 g/mol. The van der Waals surface area contributed by atoms with Gasteiger partial charge in [-0.25, -0.2) is 4.79 Å². The van der Waals surface area contributed by atoms with Gasteiger partial charge >= 0.3 is 6.09 Å². The van der Waals surface area contributed by atoms with E-state index in [2.05, 4.69) is 10.6 Å². The van der Waals surface area contributed by atoms with Crippen molar-refractivity contribution in [2.45, 2.75) is 32.9 Å². The fourth-order valence-corrected chi connectivity index (χ4v) is 1.88. The Morgan fingerprint density at radius 3 is 2.43 bits per heavy atom. The summed E-state index contributed by atoms with van der Waals surface area (Å²) in [5, 5.41) is 4.84. The van der Waals surface area contributed by atoms with Crippen molar-refractivity contribution >= 4 is 17.9 Å². The molecular formula is C16H23N3O4. The quantitative estimate of drug-likeness (QED) is 0.661. The van der Waals surface area contributed by atoms with Crippen LogP contribution in [0.25, 0.3) is 0 Å². The van der Waals surface area contributed by atoms with Crippen LogP contribution in [0.3, 0.4) is 0 Å². The van der Waals surface area contributed by atoms with Crippen LogP contribution in [0, 0.1) is 5.92 Å². The third kappa shape index (κ3) is 6.82. The van der Waals surface area contributed by atoms with Crippen LogP contribution in [0.5, 0.6) is 0 Å². The zero-order valence-electron chi connectivity index (χ0n) is 13.4. The molecule has 0 aliphatic carbocycles. The molecule has 0 spiro atoms. The van der Waals surface area contributed by atoms with Crippen LogP contribution in [0.15, 0.2) is 30.3 Å². The van der Waals surface area contributed by atoms with Gasteiger partial charge in [-0.05, 0) is 11.5 Å². The minimum absolute atomic E-state index is 0.0820. The molecule has 0 heterocycles. The SMILES string of the molecule is CC[C@@H](C)[C@H](NC(=O)CNC(=O)OCc1ccccc1)C(N)=O. The number of hydrogen-bond acceptors (Lipinski definition) is 4. The Balaban J connectivity index is 2.34. The van der Waals surface area contributed by atoms with Gasteiger partial charge in [0.1, 0.15) is 19.2 Å². The van der Waals surface area contributed by atoms with Crippen molar-refractivity contribution in [1.29, 1.82) is 0 Å². The molecule has 7 heteroatoms. The summed E-state index contributed by atoms with van der Waals surface area (Å²) < 4.78 is 4.98. The summed E-state index contributed by atoms with van der Waals surface area (Å²) in [4.78, 5) is 34.6. The summed E-state index contributed by atoms with van der Waals surface area (Å²) in [6, 6.07) is 8.42. The molecular weight excluding hydrogens is 298 g/mol. The number of carbonyl (C=O) groups is 3.